The van der Waals surface area contributed by atoms with Gasteiger partial charge in [0.05, 0.1) is 6.54 Å². The highest BCUT2D eigenvalue weighted by Gasteiger charge is 2.38. The van der Waals surface area contributed by atoms with E-state index in [2.05, 4.69) is 10.5 Å². The molecule has 90 valence electrons. The molecule has 0 amide bonds. The highest BCUT2D eigenvalue weighted by atomic mass is 32.1. The summed E-state index contributed by atoms with van der Waals surface area (Å²) in [5.74, 6) is -0.288. The molecule has 0 radical (unpaired) electrons. The molecule has 1 aliphatic rings. The first kappa shape index (κ1) is 12.1. The van der Waals surface area contributed by atoms with Gasteiger partial charge in [-0.15, -0.1) is 5.10 Å². The average molecular weight is 254 g/mol. The number of rotatable bonds is 4. The van der Waals surface area contributed by atoms with Gasteiger partial charge < -0.3 is 5.11 Å². The third kappa shape index (κ3) is 2.19. The van der Waals surface area contributed by atoms with Crippen LogP contribution >= 0.6 is 12.2 Å². The zero-order valence-corrected chi connectivity index (χ0v) is 9.95. The van der Waals surface area contributed by atoms with Gasteiger partial charge in [0.15, 0.2) is 0 Å². The van der Waals surface area contributed by atoms with E-state index in [0.29, 0.717) is 18.1 Å². The average Bonchev–Trinajstić information content (AvgIpc) is 2.70. The number of aliphatic hydroxyl groups excluding tert-OH is 1. The van der Waals surface area contributed by atoms with Crippen LogP contribution in [0, 0.1) is 5.82 Å². The second-order valence-electron chi connectivity index (χ2n) is 3.81. The van der Waals surface area contributed by atoms with Crippen LogP contribution in [0.4, 0.5) is 10.1 Å². The Hall–Kier alpha value is -1.37. The van der Waals surface area contributed by atoms with Crippen LogP contribution in [0.15, 0.2) is 29.4 Å². The number of hydrogen-bond donors (Lipinski definition) is 2. The van der Waals surface area contributed by atoms with Gasteiger partial charge in [-0.3, -0.25) is 0 Å². The number of halogens is 1. The lowest BCUT2D eigenvalue weighted by atomic mass is 10.2. The fourth-order valence-electron chi connectivity index (χ4n) is 1.82. The normalized spacial score (nSPS) is 22.8. The number of nitrogens with one attached hydrogen (secondary N) is 1. The molecule has 4 nitrogen and oxygen atoms in total. The van der Waals surface area contributed by atoms with E-state index in [-0.39, 0.29) is 16.9 Å². The number of nitrogens with zero attached hydrogens (tertiary/aromatic N) is 2. The Morgan fingerprint density at radius 1 is 1.35 bits per heavy atom. The summed E-state index contributed by atoms with van der Waals surface area (Å²) in [5, 5.41) is 13.4. The number of thiocarbonyl (C=S) groups is 1. The van der Waals surface area contributed by atoms with E-state index in [1.165, 1.54) is 12.1 Å². The van der Waals surface area contributed by atoms with Crippen molar-refractivity contribution in [2.75, 3.05) is 13.2 Å². The molecule has 1 aromatic carbocycles. The molecular weight excluding hydrogens is 241 g/mol. The van der Waals surface area contributed by atoms with Gasteiger partial charge >= 0.3 is 5.11 Å². The molecule has 1 aliphatic heterocycles. The minimum Gasteiger partial charge on any atom is -0.396 e. The molecule has 2 rings (SSSR count). The molecule has 1 atom stereocenters. The zero-order chi connectivity index (χ0) is 12.3. The molecule has 0 fully saturated rings. The van der Waals surface area contributed by atoms with Crippen molar-refractivity contribution in [1.82, 2.24) is 9.91 Å². The second kappa shape index (κ2) is 4.87. The van der Waals surface area contributed by atoms with Gasteiger partial charge in [0.25, 0.3) is 0 Å². The lowest BCUT2D eigenvalue weighted by Crippen LogP contribution is -2.53. The molecule has 2 N–H and O–H groups in total. The summed E-state index contributed by atoms with van der Waals surface area (Å²) in [6.45, 7) is 0.676. The van der Waals surface area contributed by atoms with E-state index in [4.69, 9.17) is 17.3 Å². The molecule has 0 saturated heterocycles. The smallest absolute Gasteiger partial charge is 0.301 e. The molecule has 1 heterocycles. The van der Waals surface area contributed by atoms with Crippen LogP contribution < -0.4 is 9.91 Å². The summed E-state index contributed by atoms with van der Waals surface area (Å²) >= 11 is 5.24. The van der Waals surface area contributed by atoms with E-state index in [1.54, 1.807) is 18.5 Å². The van der Waals surface area contributed by atoms with Gasteiger partial charge in [0, 0.05) is 37.4 Å². The maximum absolute atomic E-state index is 12.9. The number of hydrazone groups is 1. The number of quaternary nitrogens is 1. The molecular formula is C11H13FN3OS+. The molecule has 1 aromatic rings. The minimum atomic E-state index is -0.288. The van der Waals surface area contributed by atoms with Crippen molar-refractivity contribution < 1.29 is 9.50 Å². The first-order chi connectivity index (χ1) is 8.19. The van der Waals surface area contributed by atoms with Gasteiger partial charge in [0.1, 0.15) is 11.5 Å². The highest BCUT2D eigenvalue weighted by molar-refractivity contribution is 7.80. The number of benzene rings is 1. The highest BCUT2D eigenvalue weighted by Crippen LogP contribution is 2.25. The monoisotopic (exact) mass is 254 g/mol. The Kier molecular flexibility index (Phi) is 3.46. The first-order valence-corrected chi connectivity index (χ1v) is 5.69. The maximum atomic E-state index is 12.9. The Balaban J connectivity index is 2.36. The molecule has 0 bridgehead atoms. The van der Waals surface area contributed by atoms with Crippen molar-refractivity contribution in [3.05, 3.63) is 30.1 Å². The maximum Gasteiger partial charge on any atom is 0.301 e. The quantitative estimate of drug-likeness (QED) is 0.629. The van der Waals surface area contributed by atoms with E-state index < -0.39 is 0 Å². The van der Waals surface area contributed by atoms with Crippen LogP contribution in [-0.4, -0.2) is 29.7 Å². The summed E-state index contributed by atoms with van der Waals surface area (Å²) in [7, 11) is 0. The minimum absolute atomic E-state index is 0.0810. The summed E-state index contributed by atoms with van der Waals surface area (Å²) < 4.78 is 13.2. The van der Waals surface area contributed by atoms with Crippen molar-refractivity contribution in [3.63, 3.8) is 0 Å². The Morgan fingerprint density at radius 2 is 2.06 bits per heavy atom. The molecule has 0 spiro atoms. The van der Waals surface area contributed by atoms with Crippen LogP contribution in [0.1, 0.15) is 6.42 Å². The standard InChI is InChI=1S/C11H12FN3OS/c12-9-2-4-10(5-3-9)15(6-1-7-16)8-13-14-11(15)17/h2-5,8,16H,1,6-7H2/p+1. The van der Waals surface area contributed by atoms with Gasteiger partial charge in [-0.05, 0) is 12.1 Å². The Bertz CT molecular complexity index is 449. The predicted octanol–water partition coefficient (Wildman–Crippen LogP) is 1.35. The van der Waals surface area contributed by atoms with Crippen LogP contribution in [-0.2, 0) is 0 Å². The van der Waals surface area contributed by atoms with Gasteiger partial charge in [-0.1, -0.05) is 0 Å². The Labute approximate surface area is 104 Å². The van der Waals surface area contributed by atoms with Crippen LogP contribution in [0.3, 0.4) is 0 Å². The van der Waals surface area contributed by atoms with Gasteiger partial charge in [0.2, 0.25) is 6.34 Å². The van der Waals surface area contributed by atoms with Crippen molar-refractivity contribution in [2.24, 2.45) is 5.10 Å². The van der Waals surface area contributed by atoms with E-state index in [0.717, 1.165) is 5.69 Å². The lowest BCUT2D eigenvalue weighted by molar-refractivity contribution is 0.281. The first-order valence-electron chi connectivity index (χ1n) is 5.28. The zero-order valence-electron chi connectivity index (χ0n) is 9.14. The van der Waals surface area contributed by atoms with E-state index >= 15 is 0 Å². The molecule has 0 aliphatic carbocycles. The summed E-state index contributed by atoms with van der Waals surface area (Å²) in [5.41, 5.74) is 3.56. The summed E-state index contributed by atoms with van der Waals surface area (Å²) in [6, 6.07) is 6.14. The Morgan fingerprint density at radius 3 is 2.59 bits per heavy atom. The number of aliphatic hydroxyl groups is 1. The third-order valence-electron chi connectivity index (χ3n) is 2.73. The van der Waals surface area contributed by atoms with Crippen molar-refractivity contribution in [2.45, 2.75) is 6.42 Å². The SMILES string of the molecule is OCCC[N+]1(c2ccc(F)cc2)C=NNC1=S. The second-order valence-corrected chi connectivity index (χ2v) is 4.19. The van der Waals surface area contributed by atoms with E-state index in [1.807, 2.05) is 0 Å². The van der Waals surface area contributed by atoms with E-state index in [9.17, 15) is 4.39 Å². The summed E-state index contributed by atoms with van der Waals surface area (Å²) in [6.07, 6.45) is 2.26. The topological polar surface area (TPSA) is 44.6 Å². The molecule has 0 aromatic heterocycles. The lowest BCUT2D eigenvalue weighted by Gasteiger charge is -2.27. The van der Waals surface area contributed by atoms with Crippen molar-refractivity contribution in [3.8, 4) is 0 Å². The summed E-state index contributed by atoms with van der Waals surface area (Å²) in [4.78, 5) is 0. The van der Waals surface area contributed by atoms with Crippen LogP contribution in [0.5, 0.6) is 0 Å². The fourth-order valence-corrected chi connectivity index (χ4v) is 2.12. The van der Waals surface area contributed by atoms with Crippen LogP contribution in [0.2, 0.25) is 0 Å². The molecule has 6 heteroatoms. The van der Waals surface area contributed by atoms with Gasteiger partial charge in [-0.2, -0.15) is 4.48 Å². The molecule has 17 heavy (non-hydrogen) atoms. The molecule has 1 unspecified atom stereocenters. The fraction of sp³-hybridized carbons (Fsp3) is 0.273. The molecule has 0 saturated carbocycles. The van der Waals surface area contributed by atoms with Crippen molar-refractivity contribution >= 4 is 29.4 Å². The van der Waals surface area contributed by atoms with Crippen LogP contribution in [0.25, 0.3) is 0 Å². The van der Waals surface area contributed by atoms with Gasteiger partial charge in [-0.25, -0.2) is 9.82 Å². The predicted molar refractivity (Wildman–Crippen MR) is 69.0 cm³/mol. The third-order valence-corrected chi connectivity index (χ3v) is 3.15. The van der Waals surface area contributed by atoms with Crippen molar-refractivity contribution in [1.29, 1.82) is 0 Å². The largest absolute Gasteiger partial charge is 0.396 e. The number of hydrogen-bond acceptors (Lipinski definition) is 3.